The summed E-state index contributed by atoms with van der Waals surface area (Å²) in [5, 5.41) is 7.66. The maximum atomic E-state index is 13.2. The highest BCUT2D eigenvalue weighted by Gasteiger charge is 2.39. The zero-order chi connectivity index (χ0) is 21.5. The highest BCUT2D eigenvalue weighted by Crippen LogP contribution is 2.44. The molecule has 2 aliphatic rings. The largest absolute Gasteiger partial charge is 0.416 e. The normalized spacial score (nSPS) is 19.5. The number of benzene rings is 1. The lowest BCUT2D eigenvalue weighted by atomic mass is 9.77. The topological polar surface area (TPSA) is 58.2 Å². The zero-order valence-corrected chi connectivity index (χ0v) is 16.9. The monoisotopic (exact) mass is 432 g/mol. The molecule has 0 radical (unpaired) electrons. The number of nitrogens with one attached hydrogen (secondary N) is 2. The molecule has 1 aliphatic carbocycles. The Labute approximate surface area is 175 Å². The molecule has 2 aromatic rings. The zero-order valence-electron chi connectivity index (χ0n) is 16.1. The van der Waals surface area contributed by atoms with Crippen molar-refractivity contribution in [2.24, 2.45) is 0 Å². The molecule has 1 atom stereocenters. The summed E-state index contributed by atoms with van der Waals surface area (Å²) in [5.74, 6) is -1.05. The van der Waals surface area contributed by atoms with Crippen LogP contribution in [0.2, 0.25) is 0 Å². The van der Waals surface area contributed by atoms with Gasteiger partial charge in [-0.25, -0.2) is 0 Å². The lowest BCUT2D eigenvalue weighted by Crippen LogP contribution is -2.35. The van der Waals surface area contributed by atoms with Crippen LogP contribution in [0.1, 0.15) is 42.5 Å². The Morgan fingerprint density at radius 1 is 1.20 bits per heavy atom. The minimum atomic E-state index is -4.50. The van der Waals surface area contributed by atoms with E-state index in [1.54, 1.807) is 6.92 Å². The van der Waals surface area contributed by atoms with Gasteiger partial charge in [-0.1, -0.05) is 12.1 Å². The number of thiophene rings is 1. The van der Waals surface area contributed by atoms with Crippen LogP contribution in [0.25, 0.3) is 0 Å². The van der Waals surface area contributed by atoms with Crippen molar-refractivity contribution >= 4 is 28.7 Å². The molecule has 0 fully saturated rings. The van der Waals surface area contributed by atoms with Crippen LogP contribution in [0.5, 0.6) is 0 Å². The van der Waals surface area contributed by atoms with Gasteiger partial charge in [0.2, 0.25) is 0 Å². The number of ketones is 1. The molecule has 1 amide bonds. The van der Waals surface area contributed by atoms with Crippen LogP contribution >= 0.6 is 11.3 Å². The second-order valence-electron chi connectivity index (χ2n) is 7.31. The Kier molecular flexibility index (Phi) is 5.27. The Hall–Kier alpha value is -2.87. The minimum Gasteiger partial charge on any atom is -0.362 e. The molecule has 4 rings (SSSR count). The van der Waals surface area contributed by atoms with E-state index in [1.807, 2.05) is 17.5 Å². The fourth-order valence-electron chi connectivity index (χ4n) is 4.00. The van der Waals surface area contributed by atoms with Crippen molar-refractivity contribution in [3.05, 3.63) is 74.8 Å². The first kappa shape index (κ1) is 20.4. The Bertz CT molecular complexity index is 1070. The summed E-state index contributed by atoms with van der Waals surface area (Å²) in [6.45, 7) is 1.75. The first-order chi connectivity index (χ1) is 14.3. The third kappa shape index (κ3) is 3.79. The van der Waals surface area contributed by atoms with Crippen LogP contribution in [0.3, 0.4) is 0 Å². The Balaban J connectivity index is 1.71. The van der Waals surface area contributed by atoms with E-state index < -0.39 is 23.6 Å². The van der Waals surface area contributed by atoms with Gasteiger partial charge < -0.3 is 10.6 Å². The number of allylic oxidation sites excluding steroid dienone is 3. The summed E-state index contributed by atoms with van der Waals surface area (Å²) >= 11 is 1.45. The number of Topliss-reactive ketones (excluding diaryl/α,β-unsaturated/α-hetero) is 1. The van der Waals surface area contributed by atoms with Gasteiger partial charge in [-0.15, -0.1) is 11.3 Å². The molecule has 30 heavy (non-hydrogen) atoms. The van der Waals surface area contributed by atoms with Crippen LogP contribution in [0.4, 0.5) is 18.9 Å². The first-order valence-electron chi connectivity index (χ1n) is 9.51. The van der Waals surface area contributed by atoms with Crippen molar-refractivity contribution in [2.45, 2.75) is 38.3 Å². The quantitative estimate of drug-likeness (QED) is 0.685. The Morgan fingerprint density at radius 2 is 2.00 bits per heavy atom. The molecular weight excluding hydrogens is 413 g/mol. The number of rotatable bonds is 3. The molecule has 1 aromatic heterocycles. The van der Waals surface area contributed by atoms with Crippen molar-refractivity contribution in [3.8, 4) is 0 Å². The van der Waals surface area contributed by atoms with Crippen molar-refractivity contribution < 1.29 is 22.8 Å². The fraction of sp³-hybridized carbons (Fsp3) is 0.273. The molecule has 4 nitrogen and oxygen atoms in total. The lowest BCUT2D eigenvalue weighted by Gasteiger charge is -2.33. The van der Waals surface area contributed by atoms with Crippen LogP contribution < -0.4 is 10.6 Å². The molecular formula is C22H19F3N2O2S. The number of hydrogen-bond donors (Lipinski definition) is 2. The van der Waals surface area contributed by atoms with Gasteiger partial charge in [-0.2, -0.15) is 13.2 Å². The molecule has 0 spiro atoms. The highest BCUT2D eigenvalue weighted by molar-refractivity contribution is 7.10. The van der Waals surface area contributed by atoms with E-state index in [9.17, 15) is 22.8 Å². The van der Waals surface area contributed by atoms with Gasteiger partial charge in [0, 0.05) is 39.5 Å². The number of dihydropyridines is 1. The van der Waals surface area contributed by atoms with E-state index in [0.717, 1.165) is 35.5 Å². The van der Waals surface area contributed by atoms with Crippen LogP contribution in [0.15, 0.2) is 64.3 Å². The lowest BCUT2D eigenvalue weighted by molar-refractivity contribution is -0.137. The predicted octanol–water partition coefficient (Wildman–Crippen LogP) is 5.37. The second-order valence-corrected chi connectivity index (χ2v) is 8.29. The molecule has 156 valence electrons. The molecule has 0 saturated carbocycles. The third-order valence-corrected chi connectivity index (χ3v) is 6.23. The second kappa shape index (κ2) is 7.75. The summed E-state index contributed by atoms with van der Waals surface area (Å²) in [4.78, 5) is 26.8. The van der Waals surface area contributed by atoms with Gasteiger partial charge in [0.1, 0.15) is 0 Å². The van der Waals surface area contributed by atoms with E-state index in [2.05, 4.69) is 10.6 Å². The number of carbonyl (C=O) groups is 2. The number of anilines is 1. The van der Waals surface area contributed by atoms with Crippen molar-refractivity contribution in [1.29, 1.82) is 0 Å². The number of hydrogen-bond acceptors (Lipinski definition) is 4. The van der Waals surface area contributed by atoms with Gasteiger partial charge in [-0.3, -0.25) is 9.59 Å². The molecule has 2 heterocycles. The smallest absolute Gasteiger partial charge is 0.362 e. The molecule has 0 saturated heterocycles. The molecule has 1 aromatic carbocycles. The molecule has 0 unspecified atom stereocenters. The van der Waals surface area contributed by atoms with Gasteiger partial charge in [0.05, 0.1) is 11.5 Å². The van der Waals surface area contributed by atoms with Crippen LogP contribution in [-0.2, 0) is 15.8 Å². The summed E-state index contributed by atoms with van der Waals surface area (Å²) in [5.41, 5.74) is 1.58. The molecule has 8 heteroatoms. The van der Waals surface area contributed by atoms with E-state index in [1.165, 1.54) is 23.5 Å². The van der Waals surface area contributed by atoms with Crippen molar-refractivity contribution in [3.63, 3.8) is 0 Å². The average molecular weight is 432 g/mol. The first-order valence-corrected chi connectivity index (χ1v) is 10.4. The predicted molar refractivity (Wildman–Crippen MR) is 109 cm³/mol. The van der Waals surface area contributed by atoms with Crippen molar-refractivity contribution in [1.82, 2.24) is 5.32 Å². The third-order valence-electron chi connectivity index (χ3n) is 5.30. The highest BCUT2D eigenvalue weighted by atomic mass is 32.1. The molecule has 2 N–H and O–H groups in total. The number of halogens is 3. The summed E-state index contributed by atoms with van der Waals surface area (Å²) in [6.07, 6.45) is -2.61. The maximum Gasteiger partial charge on any atom is 0.416 e. The molecule has 1 aliphatic heterocycles. The average Bonchev–Trinajstić information content (AvgIpc) is 3.21. The van der Waals surface area contributed by atoms with Gasteiger partial charge in [-0.05, 0) is 49.4 Å². The van der Waals surface area contributed by atoms with E-state index >= 15 is 0 Å². The summed E-state index contributed by atoms with van der Waals surface area (Å²) in [7, 11) is 0. The number of carbonyl (C=O) groups excluding carboxylic acids is 2. The SMILES string of the molecule is CC1=C(C(=O)Nc2cccc(C(F)(F)F)c2)[C@@H](c2cccs2)C2=C(CCCC2=O)N1. The standard InChI is InChI=1S/C22H19F3N2O2S/c1-12-18(21(29)27-14-6-2-5-13(11-14)22(23,24)25)20(17-9-4-10-30-17)19-15(26-12)7-3-8-16(19)28/h2,4-6,9-11,20,26H,3,7-8H2,1H3,(H,27,29)/t20-/m1/s1. The number of alkyl halides is 3. The molecule has 0 bridgehead atoms. The van der Waals surface area contributed by atoms with E-state index in [4.69, 9.17) is 0 Å². The van der Waals surface area contributed by atoms with Gasteiger partial charge in [0.15, 0.2) is 5.78 Å². The van der Waals surface area contributed by atoms with Crippen LogP contribution in [-0.4, -0.2) is 11.7 Å². The number of amides is 1. The van der Waals surface area contributed by atoms with Crippen LogP contribution in [0, 0.1) is 0 Å². The van der Waals surface area contributed by atoms with Gasteiger partial charge in [0.25, 0.3) is 5.91 Å². The van der Waals surface area contributed by atoms with E-state index in [-0.39, 0.29) is 11.5 Å². The summed E-state index contributed by atoms with van der Waals surface area (Å²) < 4.78 is 39.1. The van der Waals surface area contributed by atoms with E-state index in [0.29, 0.717) is 23.3 Å². The summed E-state index contributed by atoms with van der Waals surface area (Å²) in [6, 6.07) is 8.25. The minimum absolute atomic E-state index is 0.000909. The Morgan fingerprint density at radius 3 is 2.70 bits per heavy atom. The van der Waals surface area contributed by atoms with Gasteiger partial charge >= 0.3 is 6.18 Å². The fourth-order valence-corrected chi connectivity index (χ4v) is 4.84. The maximum absolute atomic E-state index is 13.2. The van der Waals surface area contributed by atoms with Crippen molar-refractivity contribution in [2.75, 3.05) is 5.32 Å².